The Kier molecular flexibility index (Phi) is 8.85. The summed E-state index contributed by atoms with van der Waals surface area (Å²) in [4.78, 5) is 4.84. The van der Waals surface area contributed by atoms with E-state index >= 15 is 0 Å². The van der Waals surface area contributed by atoms with Gasteiger partial charge in [0.1, 0.15) is 46.6 Å². The van der Waals surface area contributed by atoms with Gasteiger partial charge in [-0.1, -0.05) is 90.1 Å². The van der Waals surface area contributed by atoms with Gasteiger partial charge in [-0.2, -0.15) is 10.4 Å². The van der Waals surface area contributed by atoms with Crippen LogP contribution in [0.4, 0.5) is 11.4 Å². The predicted molar refractivity (Wildman–Crippen MR) is 155 cm³/mol. The molecule has 208 valence electrons. The van der Waals surface area contributed by atoms with Crippen LogP contribution in [0, 0.1) is 18.3 Å². The highest BCUT2D eigenvalue weighted by Gasteiger charge is 2.44. The maximum Gasteiger partial charge on any atom is 0.138 e. The Morgan fingerprint density at radius 3 is 2.10 bits per heavy atom. The zero-order valence-corrected chi connectivity index (χ0v) is 22.9. The average Bonchev–Trinajstić information content (AvgIpc) is 3.01. The van der Waals surface area contributed by atoms with E-state index in [4.69, 9.17) is 9.72 Å². The molecule has 1 fully saturated rings. The molecule has 9 nitrogen and oxygen atoms in total. The molecule has 1 saturated heterocycles. The zero-order chi connectivity index (χ0) is 28.9. The van der Waals surface area contributed by atoms with Crippen molar-refractivity contribution in [3.8, 4) is 28.5 Å². The lowest BCUT2D eigenvalue weighted by Crippen LogP contribution is -2.57. The Hall–Kier alpha value is -3.95. The molecule has 5 rings (SSSR count). The van der Waals surface area contributed by atoms with Gasteiger partial charge in [-0.05, 0) is 24.6 Å². The van der Waals surface area contributed by atoms with Gasteiger partial charge in [0.05, 0.1) is 23.6 Å². The highest BCUT2D eigenvalue weighted by Crippen LogP contribution is 2.46. The normalized spacial score (nSPS) is 22.5. The third-order valence-corrected chi connectivity index (χ3v) is 7.88. The number of rotatable bonds is 7. The maximum atomic E-state index is 10.7. The van der Waals surface area contributed by atoms with Crippen molar-refractivity contribution < 1.29 is 25.2 Å². The van der Waals surface area contributed by atoms with Crippen molar-refractivity contribution in [2.45, 2.75) is 41.8 Å². The molecule has 0 bridgehead atoms. The molecule has 5 atom stereocenters. The number of pyridine rings is 1. The molecule has 0 saturated carbocycles. The fraction of sp³-hybridized carbons (Fsp3) is 0.226. The predicted octanol–water partition coefficient (Wildman–Crippen LogP) is 4.90. The topological polar surface area (TPSA) is 152 Å². The van der Waals surface area contributed by atoms with Gasteiger partial charge in [-0.15, -0.1) is 5.11 Å². The summed E-state index contributed by atoms with van der Waals surface area (Å²) in [5, 5.41) is 60.8. The van der Waals surface area contributed by atoms with Gasteiger partial charge in [0.15, 0.2) is 0 Å². The molecule has 10 heteroatoms. The molecule has 0 radical (unpaired) electrons. The number of nitrogens with zero attached hydrogens (tertiary/aromatic N) is 4. The van der Waals surface area contributed by atoms with Gasteiger partial charge in [0.2, 0.25) is 0 Å². The molecule has 0 amide bonds. The van der Waals surface area contributed by atoms with Gasteiger partial charge >= 0.3 is 0 Å². The molecule has 1 aliphatic rings. The Bertz CT molecular complexity index is 1560. The van der Waals surface area contributed by atoms with Crippen LogP contribution >= 0.6 is 11.8 Å². The average molecular weight is 569 g/mol. The molecule has 3 aromatic carbocycles. The second kappa shape index (κ2) is 12.7. The van der Waals surface area contributed by atoms with Crippen molar-refractivity contribution in [1.82, 2.24) is 4.98 Å². The molecule has 2 heterocycles. The highest BCUT2D eigenvalue weighted by atomic mass is 32.2. The lowest BCUT2D eigenvalue weighted by molar-refractivity contribution is -0.205. The molecule has 1 aromatic heterocycles. The molecule has 0 aliphatic carbocycles. The van der Waals surface area contributed by atoms with E-state index in [-0.39, 0.29) is 10.6 Å². The SMILES string of the molecule is Cc1ccc(N=Nc2c(-c3ccccc3)nc(S[C@@H]3O[C@H](CO)[C@H](O)[C@H](O)[C@H]3O)c(C#N)c2-c2ccccc2)cc1. The van der Waals surface area contributed by atoms with Crippen LogP contribution < -0.4 is 0 Å². The number of azo groups is 1. The minimum Gasteiger partial charge on any atom is -0.394 e. The van der Waals surface area contributed by atoms with E-state index in [0.717, 1.165) is 22.9 Å². The lowest BCUT2D eigenvalue weighted by Gasteiger charge is -2.39. The van der Waals surface area contributed by atoms with Crippen molar-refractivity contribution in [1.29, 1.82) is 5.26 Å². The van der Waals surface area contributed by atoms with Crippen LogP contribution in [0.15, 0.2) is 100 Å². The number of benzene rings is 3. The van der Waals surface area contributed by atoms with Crippen molar-refractivity contribution >= 4 is 23.1 Å². The Morgan fingerprint density at radius 1 is 0.854 bits per heavy atom. The molecule has 0 unspecified atom stereocenters. The third kappa shape index (κ3) is 6.06. The van der Waals surface area contributed by atoms with E-state index in [1.807, 2.05) is 91.9 Å². The second-order valence-corrected chi connectivity index (χ2v) is 10.6. The number of ether oxygens (including phenoxy) is 1. The fourth-order valence-electron chi connectivity index (χ4n) is 4.52. The van der Waals surface area contributed by atoms with E-state index in [0.29, 0.717) is 28.2 Å². The van der Waals surface area contributed by atoms with Gasteiger partial charge in [0, 0.05) is 11.1 Å². The summed E-state index contributed by atoms with van der Waals surface area (Å²) < 4.78 is 5.73. The van der Waals surface area contributed by atoms with E-state index in [9.17, 15) is 25.7 Å². The summed E-state index contributed by atoms with van der Waals surface area (Å²) >= 11 is 0.931. The van der Waals surface area contributed by atoms with Crippen LogP contribution in [0.1, 0.15) is 11.1 Å². The Balaban J connectivity index is 1.72. The molecule has 41 heavy (non-hydrogen) atoms. The number of aliphatic hydroxyl groups is 4. The number of aromatic nitrogens is 1. The molecular weight excluding hydrogens is 540 g/mol. The maximum absolute atomic E-state index is 10.7. The molecule has 4 aromatic rings. The van der Waals surface area contributed by atoms with Crippen molar-refractivity contribution in [3.63, 3.8) is 0 Å². The largest absolute Gasteiger partial charge is 0.394 e. The third-order valence-electron chi connectivity index (χ3n) is 6.74. The van der Waals surface area contributed by atoms with Gasteiger partial charge < -0.3 is 25.2 Å². The number of nitriles is 1. The number of thioether (sulfide) groups is 1. The summed E-state index contributed by atoms with van der Waals surface area (Å²) in [6, 6.07) is 28.5. The van der Waals surface area contributed by atoms with Crippen LogP contribution in [-0.2, 0) is 4.74 Å². The fourth-order valence-corrected chi connectivity index (χ4v) is 5.65. The standard InChI is InChI=1S/C31H28N4O5S/c1-18-12-14-21(15-13-18)34-35-26-24(19-8-4-2-5-9-19)22(16-32)30(33-25(26)20-10-6-3-7-11-20)41-31-29(39)28(38)27(37)23(17-36)40-31/h2-15,23,27-29,31,36-39H,17H2,1H3/t23-,27+,28+,29-,31+/m1/s1. The quantitative estimate of drug-likeness (QED) is 0.230. The molecule has 1 aliphatic heterocycles. The summed E-state index contributed by atoms with van der Waals surface area (Å²) in [6.07, 6.45) is -5.66. The minimum absolute atomic E-state index is 0.177. The lowest BCUT2D eigenvalue weighted by atomic mass is 9.96. The van der Waals surface area contributed by atoms with E-state index in [1.54, 1.807) is 0 Å². The molecule has 0 spiro atoms. The van der Waals surface area contributed by atoms with Crippen LogP contribution in [0.3, 0.4) is 0 Å². The van der Waals surface area contributed by atoms with Crippen LogP contribution in [0.2, 0.25) is 0 Å². The first kappa shape index (κ1) is 28.6. The minimum atomic E-state index is -1.56. The van der Waals surface area contributed by atoms with Gasteiger partial charge in [-0.25, -0.2) is 4.98 Å². The van der Waals surface area contributed by atoms with Crippen LogP contribution in [-0.4, -0.2) is 61.9 Å². The Morgan fingerprint density at radius 2 is 1.49 bits per heavy atom. The highest BCUT2D eigenvalue weighted by molar-refractivity contribution is 7.99. The van der Waals surface area contributed by atoms with Crippen LogP contribution in [0.25, 0.3) is 22.4 Å². The number of aliphatic hydroxyl groups excluding tert-OH is 4. The monoisotopic (exact) mass is 568 g/mol. The Labute approximate surface area is 241 Å². The van der Waals surface area contributed by atoms with E-state index in [2.05, 4.69) is 16.3 Å². The smallest absolute Gasteiger partial charge is 0.138 e. The zero-order valence-electron chi connectivity index (χ0n) is 22.1. The number of hydrogen-bond acceptors (Lipinski definition) is 10. The first-order valence-corrected chi connectivity index (χ1v) is 13.8. The number of aryl methyl sites for hydroxylation is 1. The first-order chi connectivity index (χ1) is 19.9. The second-order valence-electron chi connectivity index (χ2n) is 9.56. The van der Waals surface area contributed by atoms with Gasteiger partial charge in [0.25, 0.3) is 0 Å². The van der Waals surface area contributed by atoms with Crippen molar-refractivity contribution in [3.05, 3.63) is 96.1 Å². The van der Waals surface area contributed by atoms with E-state index < -0.39 is 36.5 Å². The summed E-state index contributed by atoms with van der Waals surface area (Å²) in [5.74, 6) is 0. The summed E-state index contributed by atoms with van der Waals surface area (Å²) in [6.45, 7) is 1.42. The van der Waals surface area contributed by atoms with Crippen molar-refractivity contribution in [2.75, 3.05) is 6.61 Å². The first-order valence-electron chi connectivity index (χ1n) is 13.0. The van der Waals surface area contributed by atoms with Crippen LogP contribution in [0.5, 0.6) is 0 Å². The van der Waals surface area contributed by atoms with Gasteiger partial charge in [-0.3, -0.25) is 0 Å². The van der Waals surface area contributed by atoms with Crippen molar-refractivity contribution in [2.24, 2.45) is 10.2 Å². The summed E-state index contributed by atoms with van der Waals surface area (Å²) in [7, 11) is 0. The number of hydrogen-bond donors (Lipinski definition) is 4. The molecular formula is C31H28N4O5S. The summed E-state index contributed by atoms with van der Waals surface area (Å²) in [5.41, 5.74) is 3.52. The van der Waals surface area contributed by atoms with E-state index in [1.165, 1.54) is 0 Å². The molecule has 4 N–H and O–H groups in total.